The zero-order chi connectivity index (χ0) is 28.8. The van der Waals surface area contributed by atoms with Gasteiger partial charge in [-0.2, -0.15) is 0 Å². The van der Waals surface area contributed by atoms with Gasteiger partial charge in [0.2, 0.25) is 0 Å². The van der Waals surface area contributed by atoms with Crippen molar-refractivity contribution < 1.29 is 9.53 Å². The molecule has 1 amide bonds. The third-order valence-corrected chi connectivity index (χ3v) is 8.65. The molecule has 2 fully saturated rings. The van der Waals surface area contributed by atoms with Crippen LogP contribution in [0.25, 0.3) is 17.4 Å². The first-order valence-corrected chi connectivity index (χ1v) is 14.5. The van der Waals surface area contributed by atoms with E-state index in [-0.39, 0.29) is 37.7 Å². The Balaban J connectivity index is 1.42. The van der Waals surface area contributed by atoms with Gasteiger partial charge in [-0.05, 0) is 56.5 Å². The lowest BCUT2D eigenvalue weighted by molar-refractivity contribution is -0.113. The minimum absolute atomic E-state index is 0.0205. The largest absolute Gasteiger partial charge is 0.376 e. The van der Waals surface area contributed by atoms with Crippen LogP contribution >= 0.6 is 24.0 Å². The molecule has 0 bridgehead atoms. The van der Waals surface area contributed by atoms with Crippen LogP contribution in [0.2, 0.25) is 0 Å². The molecule has 0 spiro atoms. The number of carbonyl (C=O) groups is 1. The molecule has 0 aliphatic carbocycles. The SMILES string of the molecule is Cc1ccc2nc(NCC3CCCO3)c(C=C3SC(=S)N(c4c(C)n(C)n(-c5ccccc5)c4=O)C3=O)c(=O)n2c1. The normalized spacial score (nSPS) is 18.3. The fourth-order valence-corrected chi connectivity index (χ4v) is 6.40. The summed E-state index contributed by atoms with van der Waals surface area (Å²) in [5, 5.41) is 3.28. The predicted molar refractivity (Wildman–Crippen MR) is 165 cm³/mol. The average Bonchev–Trinajstić information content (AvgIpc) is 3.63. The molecule has 5 heterocycles. The van der Waals surface area contributed by atoms with Crippen molar-refractivity contribution in [3.63, 3.8) is 0 Å². The molecule has 0 saturated carbocycles. The summed E-state index contributed by atoms with van der Waals surface area (Å²) in [7, 11) is 1.76. The number of anilines is 2. The van der Waals surface area contributed by atoms with E-state index in [1.165, 1.54) is 20.1 Å². The number of aromatic nitrogens is 4. The van der Waals surface area contributed by atoms with Crippen LogP contribution in [0.5, 0.6) is 0 Å². The molecule has 2 saturated heterocycles. The fourth-order valence-electron chi connectivity index (χ4n) is 5.14. The van der Waals surface area contributed by atoms with Crippen LogP contribution in [0, 0.1) is 13.8 Å². The summed E-state index contributed by atoms with van der Waals surface area (Å²) >= 11 is 6.66. The van der Waals surface area contributed by atoms with Crippen LogP contribution in [0.1, 0.15) is 29.7 Å². The maximum Gasteiger partial charge on any atom is 0.296 e. The van der Waals surface area contributed by atoms with E-state index in [0.29, 0.717) is 36.0 Å². The van der Waals surface area contributed by atoms with E-state index in [0.717, 1.165) is 30.2 Å². The van der Waals surface area contributed by atoms with Crippen molar-refractivity contribution in [1.82, 2.24) is 18.7 Å². The highest BCUT2D eigenvalue weighted by Crippen LogP contribution is 2.36. The molecule has 210 valence electrons. The number of hydrogen-bond donors (Lipinski definition) is 1. The topological polar surface area (TPSA) is 103 Å². The van der Waals surface area contributed by atoms with Crippen LogP contribution in [0.3, 0.4) is 0 Å². The Morgan fingerprint density at radius 2 is 1.90 bits per heavy atom. The Labute approximate surface area is 245 Å². The quantitative estimate of drug-likeness (QED) is 0.268. The highest BCUT2D eigenvalue weighted by molar-refractivity contribution is 8.27. The molecule has 1 atom stereocenters. The van der Waals surface area contributed by atoms with E-state index in [1.807, 2.05) is 43.3 Å². The molecule has 1 N–H and O–H groups in total. The summed E-state index contributed by atoms with van der Waals surface area (Å²) in [5.41, 5.74) is 2.37. The molecule has 6 rings (SSSR count). The maximum atomic E-state index is 13.8. The van der Waals surface area contributed by atoms with Crippen LogP contribution < -0.4 is 21.3 Å². The van der Waals surface area contributed by atoms with E-state index in [2.05, 4.69) is 5.32 Å². The number of para-hydroxylation sites is 1. The molecule has 12 heteroatoms. The summed E-state index contributed by atoms with van der Waals surface area (Å²) < 4.78 is 10.6. The molecule has 2 aliphatic rings. The number of benzene rings is 1. The molecule has 3 aromatic heterocycles. The first-order valence-electron chi connectivity index (χ1n) is 13.2. The molecule has 2 aliphatic heterocycles. The summed E-state index contributed by atoms with van der Waals surface area (Å²) in [5.74, 6) is -0.105. The van der Waals surface area contributed by atoms with Gasteiger partial charge in [0.15, 0.2) is 4.32 Å². The van der Waals surface area contributed by atoms with Crippen molar-refractivity contribution >= 4 is 57.4 Å². The van der Waals surface area contributed by atoms with Crippen molar-refractivity contribution in [3.05, 3.63) is 91.1 Å². The lowest BCUT2D eigenvalue weighted by atomic mass is 10.2. The summed E-state index contributed by atoms with van der Waals surface area (Å²) in [6.45, 7) is 4.86. The van der Waals surface area contributed by atoms with E-state index in [9.17, 15) is 14.4 Å². The molecular weight excluding hydrogens is 560 g/mol. The number of fused-ring (bicyclic) bond motifs is 1. The van der Waals surface area contributed by atoms with E-state index in [1.54, 1.807) is 30.9 Å². The Hall–Kier alpha value is -4.00. The van der Waals surface area contributed by atoms with Crippen molar-refractivity contribution in [2.24, 2.45) is 7.05 Å². The van der Waals surface area contributed by atoms with Gasteiger partial charge in [-0.15, -0.1) is 0 Å². The minimum atomic E-state index is -0.468. The second-order valence-corrected chi connectivity index (χ2v) is 11.7. The first kappa shape index (κ1) is 27.2. The number of thiocarbonyl (C=S) groups is 1. The molecular formula is C29H28N6O4S2. The summed E-state index contributed by atoms with van der Waals surface area (Å²) in [6, 6.07) is 12.9. The van der Waals surface area contributed by atoms with Gasteiger partial charge in [-0.25, -0.2) is 9.67 Å². The molecule has 4 aromatic rings. The van der Waals surface area contributed by atoms with E-state index < -0.39 is 5.91 Å². The monoisotopic (exact) mass is 588 g/mol. The highest BCUT2D eigenvalue weighted by Gasteiger charge is 2.38. The number of nitrogens with zero attached hydrogens (tertiary/aromatic N) is 5. The van der Waals surface area contributed by atoms with Crippen LogP contribution in [-0.2, 0) is 16.6 Å². The van der Waals surface area contributed by atoms with Gasteiger partial charge in [-0.3, -0.25) is 28.4 Å². The van der Waals surface area contributed by atoms with Gasteiger partial charge in [0.25, 0.3) is 17.0 Å². The maximum absolute atomic E-state index is 13.8. The number of aryl methyl sites for hydroxylation is 1. The van der Waals surface area contributed by atoms with Crippen molar-refractivity contribution in [1.29, 1.82) is 0 Å². The van der Waals surface area contributed by atoms with Crippen LogP contribution in [0.15, 0.2) is 63.2 Å². The van der Waals surface area contributed by atoms with Crippen molar-refractivity contribution in [2.45, 2.75) is 32.8 Å². The molecule has 0 radical (unpaired) electrons. The minimum Gasteiger partial charge on any atom is -0.376 e. The number of thioether (sulfide) groups is 1. The number of ether oxygens (including phenoxy) is 1. The van der Waals surface area contributed by atoms with E-state index in [4.69, 9.17) is 21.9 Å². The number of amides is 1. The van der Waals surface area contributed by atoms with Gasteiger partial charge in [0.1, 0.15) is 17.2 Å². The third-order valence-electron chi connectivity index (χ3n) is 7.34. The van der Waals surface area contributed by atoms with Crippen LogP contribution in [-0.4, -0.2) is 48.2 Å². The molecule has 10 nitrogen and oxygen atoms in total. The molecule has 1 unspecified atom stereocenters. The van der Waals surface area contributed by atoms with Gasteiger partial charge in [0, 0.05) is 26.4 Å². The first-order chi connectivity index (χ1) is 19.7. The Morgan fingerprint density at radius 1 is 1.12 bits per heavy atom. The second-order valence-electron chi connectivity index (χ2n) is 10.1. The average molecular weight is 589 g/mol. The van der Waals surface area contributed by atoms with E-state index >= 15 is 0 Å². The van der Waals surface area contributed by atoms with Gasteiger partial charge in [0.05, 0.1) is 28.0 Å². The number of nitrogens with one attached hydrogen (secondary N) is 1. The van der Waals surface area contributed by atoms with Crippen LogP contribution in [0.4, 0.5) is 11.5 Å². The number of carbonyl (C=O) groups excluding carboxylic acids is 1. The standard InChI is InChI=1S/C29H28N6O4S2/c1-17-11-12-23-31-25(30-15-20-10-7-13-39-20)21(26(36)33(23)16-17)14-22-27(37)34(29(40)41-22)24-18(2)32(3)35(28(24)38)19-8-5-4-6-9-19/h4-6,8-9,11-12,14,16,20,30H,7,10,13,15H2,1-3H3. The third kappa shape index (κ3) is 4.81. The zero-order valence-corrected chi connectivity index (χ0v) is 24.4. The van der Waals surface area contributed by atoms with Gasteiger partial charge < -0.3 is 10.1 Å². The summed E-state index contributed by atoms with van der Waals surface area (Å²) in [6.07, 6.45) is 5.17. The van der Waals surface area contributed by atoms with Gasteiger partial charge >= 0.3 is 0 Å². The number of hydrogen-bond acceptors (Lipinski definition) is 8. The Bertz CT molecular complexity index is 1850. The highest BCUT2D eigenvalue weighted by atomic mass is 32.2. The Morgan fingerprint density at radius 3 is 2.63 bits per heavy atom. The van der Waals surface area contributed by atoms with Crippen molar-refractivity contribution in [2.75, 3.05) is 23.4 Å². The van der Waals surface area contributed by atoms with Gasteiger partial charge in [-0.1, -0.05) is 48.2 Å². The lowest BCUT2D eigenvalue weighted by Gasteiger charge is -2.14. The smallest absolute Gasteiger partial charge is 0.296 e. The second kappa shape index (κ2) is 10.8. The van der Waals surface area contributed by atoms with Crippen molar-refractivity contribution in [3.8, 4) is 5.69 Å². The predicted octanol–water partition coefficient (Wildman–Crippen LogP) is 3.80. The molecule has 41 heavy (non-hydrogen) atoms. The lowest BCUT2D eigenvalue weighted by Crippen LogP contribution is -2.33. The number of rotatable bonds is 6. The summed E-state index contributed by atoms with van der Waals surface area (Å²) in [4.78, 5) is 47.4. The fraction of sp³-hybridized carbons (Fsp3) is 0.276. The Kier molecular flexibility index (Phi) is 7.14. The molecule has 1 aromatic carbocycles. The zero-order valence-electron chi connectivity index (χ0n) is 22.8. The number of pyridine rings is 1.